The lowest BCUT2D eigenvalue weighted by Crippen LogP contribution is -1.99. The van der Waals surface area contributed by atoms with Crippen LogP contribution in [0.1, 0.15) is 36.5 Å². The highest BCUT2D eigenvalue weighted by Gasteiger charge is 2.04. The molecule has 1 aromatic rings. The molecule has 0 aromatic heterocycles. The third-order valence-corrected chi connectivity index (χ3v) is 3.56. The van der Waals surface area contributed by atoms with Gasteiger partial charge >= 0.3 is 0 Å². The van der Waals surface area contributed by atoms with Gasteiger partial charge in [0.2, 0.25) is 0 Å². The van der Waals surface area contributed by atoms with Gasteiger partial charge in [-0.15, -0.1) is 11.6 Å². The van der Waals surface area contributed by atoms with Crippen LogP contribution >= 0.6 is 11.6 Å². The van der Waals surface area contributed by atoms with Crippen LogP contribution in [-0.2, 0) is 6.42 Å². The first kappa shape index (κ1) is 12.6. The maximum atomic E-state index is 5.80. The molecule has 15 heavy (non-hydrogen) atoms. The summed E-state index contributed by atoms with van der Waals surface area (Å²) in [6.07, 6.45) is 3.68. The summed E-state index contributed by atoms with van der Waals surface area (Å²) in [6.45, 7) is 6.62. The Bertz CT molecular complexity index is 284. The fourth-order valence-electron chi connectivity index (χ4n) is 1.95. The van der Waals surface area contributed by atoms with Crippen molar-refractivity contribution in [2.75, 3.05) is 5.88 Å². The number of alkyl halides is 1. The van der Waals surface area contributed by atoms with Crippen LogP contribution in [0.3, 0.4) is 0 Å². The third kappa shape index (κ3) is 3.87. The lowest BCUT2D eigenvalue weighted by atomic mass is 9.96. The van der Waals surface area contributed by atoms with E-state index in [2.05, 4.69) is 39.0 Å². The van der Waals surface area contributed by atoms with Gasteiger partial charge in [0.1, 0.15) is 0 Å². The number of hydrogen-bond acceptors (Lipinski definition) is 0. The van der Waals surface area contributed by atoms with E-state index < -0.39 is 0 Å². The first-order valence-electron chi connectivity index (χ1n) is 5.76. The van der Waals surface area contributed by atoms with Gasteiger partial charge in [-0.05, 0) is 55.7 Å². The van der Waals surface area contributed by atoms with Gasteiger partial charge in [0.15, 0.2) is 0 Å². The smallest absolute Gasteiger partial charge is 0.0249 e. The van der Waals surface area contributed by atoms with E-state index in [1.54, 1.807) is 0 Å². The van der Waals surface area contributed by atoms with E-state index >= 15 is 0 Å². The maximum absolute atomic E-state index is 5.80. The van der Waals surface area contributed by atoms with Gasteiger partial charge < -0.3 is 0 Å². The van der Waals surface area contributed by atoms with Crippen LogP contribution in [0.4, 0.5) is 0 Å². The van der Waals surface area contributed by atoms with Crippen LogP contribution in [0.2, 0.25) is 0 Å². The Morgan fingerprint density at radius 3 is 2.33 bits per heavy atom. The van der Waals surface area contributed by atoms with Crippen molar-refractivity contribution in [3.05, 3.63) is 34.9 Å². The van der Waals surface area contributed by atoms with Crippen LogP contribution in [-0.4, -0.2) is 5.88 Å². The van der Waals surface area contributed by atoms with Gasteiger partial charge in [0.25, 0.3) is 0 Å². The Morgan fingerprint density at radius 1 is 1.20 bits per heavy atom. The molecule has 0 heterocycles. The molecule has 84 valence electrons. The Kier molecular flexibility index (Phi) is 5.17. The van der Waals surface area contributed by atoms with Crippen molar-refractivity contribution in [2.45, 2.75) is 40.0 Å². The molecule has 1 aromatic carbocycles. The van der Waals surface area contributed by atoms with Gasteiger partial charge in [-0.3, -0.25) is 0 Å². The largest absolute Gasteiger partial charge is 0.126 e. The molecule has 1 unspecified atom stereocenters. The SMILES string of the molecule is Cc1cccc(C)c1CCCC(C)CCl. The monoisotopic (exact) mass is 224 g/mol. The van der Waals surface area contributed by atoms with Crippen molar-refractivity contribution in [3.63, 3.8) is 0 Å². The molecular weight excluding hydrogens is 204 g/mol. The van der Waals surface area contributed by atoms with Crippen LogP contribution < -0.4 is 0 Å². The van der Waals surface area contributed by atoms with Crippen LogP contribution in [0, 0.1) is 19.8 Å². The third-order valence-electron chi connectivity index (χ3n) is 3.03. The van der Waals surface area contributed by atoms with E-state index in [-0.39, 0.29) is 0 Å². The zero-order valence-corrected chi connectivity index (χ0v) is 10.8. The van der Waals surface area contributed by atoms with Crippen molar-refractivity contribution >= 4 is 11.6 Å². The van der Waals surface area contributed by atoms with Crippen molar-refractivity contribution in [1.82, 2.24) is 0 Å². The molecule has 0 aliphatic rings. The second-order valence-electron chi connectivity index (χ2n) is 4.52. The summed E-state index contributed by atoms with van der Waals surface area (Å²) in [6, 6.07) is 6.54. The number of rotatable bonds is 5. The van der Waals surface area contributed by atoms with Crippen molar-refractivity contribution in [1.29, 1.82) is 0 Å². The van der Waals surface area contributed by atoms with Gasteiger partial charge in [0.05, 0.1) is 0 Å². The zero-order valence-electron chi connectivity index (χ0n) is 10.0. The molecule has 0 bridgehead atoms. The van der Waals surface area contributed by atoms with Crippen LogP contribution in [0.15, 0.2) is 18.2 Å². The Balaban J connectivity index is 2.50. The summed E-state index contributed by atoms with van der Waals surface area (Å²) in [5, 5.41) is 0. The van der Waals surface area contributed by atoms with Crippen molar-refractivity contribution < 1.29 is 0 Å². The Morgan fingerprint density at radius 2 is 1.80 bits per heavy atom. The van der Waals surface area contributed by atoms with E-state index in [1.807, 2.05) is 0 Å². The molecule has 0 saturated heterocycles. The molecule has 1 heteroatoms. The molecule has 0 amide bonds. The maximum Gasteiger partial charge on any atom is 0.0249 e. The quantitative estimate of drug-likeness (QED) is 0.646. The predicted molar refractivity (Wildman–Crippen MR) is 68.7 cm³/mol. The van der Waals surface area contributed by atoms with Crippen LogP contribution in [0.5, 0.6) is 0 Å². The summed E-state index contributed by atoms with van der Waals surface area (Å²) in [5.74, 6) is 1.43. The van der Waals surface area contributed by atoms with Gasteiger partial charge in [0, 0.05) is 5.88 Å². The molecule has 1 atom stereocenters. The minimum Gasteiger partial charge on any atom is -0.126 e. The molecule has 0 N–H and O–H groups in total. The average molecular weight is 225 g/mol. The molecule has 1 rings (SSSR count). The molecule has 0 saturated carbocycles. The minimum absolute atomic E-state index is 0.649. The Hall–Kier alpha value is -0.490. The molecule has 0 aliphatic heterocycles. The second kappa shape index (κ2) is 6.17. The standard InChI is InChI=1S/C14H21Cl/c1-11(10-15)6-4-9-14-12(2)7-5-8-13(14)3/h5,7-8,11H,4,6,9-10H2,1-3H3. The Labute approximate surface area is 98.7 Å². The molecule has 0 nitrogen and oxygen atoms in total. The lowest BCUT2D eigenvalue weighted by Gasteiger charge is -2.11. The van der Waals surface area contributed by atoms with Gasteiger partial charge in [-0.25, -0.2) is 0 Å². The van der Waals surface area contributed by atoms with Crippen molar-refractivity contribution in [2.24, 2.45) is 5.92 Å². The highest BCUT2D eigenvalue weighted by atomic mass is 35.5. The topological polar surface area (TPSA) is 0 Å². The summed E-state index contributed by atoms with van der Waals surface area (Å²) in [5.41, 5.74) is 4.38. The lowest BCUT2D eigenvalue weighted by molar-refractivity contribution is 0.560. The molecule has 0 radical (unpaired) electrons. The highest BCUT2D eigenvalue weighted by Crippen LogP contribution is 2.17. The number of aryl methyl sites for hydroxylation is 2. The summed E-state index contributed by atoms with van der Waals surface area (Å²) >= 11 is 5.80. The van der Waals surface area contributed by atoms with E-state index in [0.717, 1.165) is 5.88 Å². The minimum atomic E-state index is 0.649. The average Bonchev–Trinajstić information content (AvgIpc) is 2.22. The van der Waals surface area contributed by atoms with Crippen molar-refractivity contribution in [3.8, 4) is 0 Å². The van der Waals surface area contributed by atoms with E-state index in [0.29, 0.717) is 5.92 Å². The molecular formula is C14H21Cl. The van der Waals surface area contributed by atoms with Crippen LogP contribution in [0.25, 0.3) is 0 Å². The zero-order chi connectivity index (χ0) is 11.3. The fourth-order valence-corrected chi connectivity index (χ4v) is 2.10. The molecule has 0 spiro atoms. The number of hydrogen-bond donors (Lipinski definition) is 0. The summed E-state index contributed by atoms with van der Waals surface area (Å²) in [7, 11) is 0. The number of benzene rings is 1. The molecule has 0 aliphatic carbocycles. The fraction of sp³-hybridized carbons (Fsp3) is 0.571. The first-order chi connectivity index (χ1) is 7.15. The molecule has 0 fully saturated rings. The van der Waals surface area contributed by atoms with E-state index in [1.165, 1.54) is 36.0 Å². The predicted octanol–water partition coefficient (Wildman–Crippen LogP) is 4.50. The van der Waals surface area contributed by atoms with Gasteiger partial charge in [-0.2, -0.15) is 0 Å². The summed E-state index contributed by atoms with van der Waals surface area (Å²) < 4.78 is 0. The first-order valence-corrected chi connectivity index (χ1v) is 6.29. The van der Waals surface area contributed by atoms with E-state index in [9.17, 15) is 0 Å². The normalized spacial score (nSPS) is 12.8. The van der Waals surface area contributed by atoms with E-state index in [4.69, 9.17) is 11.6 Å². The summed E-state index contributed by atoms with van der Waals surface area (Å²) in [4.78, 5) is 0. The highest BCUT2D eigenvalue weighted by molar-refractivity contribution is 6.18. The van der Waals surface area contributed by atoms with Gasteiger partial charge in [-0.1, -0.05) is 25.1 Å². The second-order valence-corrected chi connectivity index (χ2v) is 4.83. The number of halogens is 1.